The summed E-state index contributed by atoms with van der Waals surface area (Å²) in [6.07, 6.45) is 4.52. The molecule has 0 aromatic heterocycles. The zero-order chi connectivity index (χ0) is 11.3. The van der Waals surface area contributed by atoms with Crippen LogP contribution in [0.1, 0.15) is 45.4 Å². The van der Waals surface area contributed by atoms with E-state index in [1.165, 1.54) is 0 Å². The van der Waals surface area contributed by atoms with Crippen LogP contribution in [-0.2, 0) is 9.59 Å². The number of carboxylic acid groups (broad SMARTS) is 1. The van der Waals surface area contributed by atoms with Crippen LogP contribution in [0.25, 0.3) is 0 Å². The van der Waals surface area contributed by atoms with Gasteiger partial charge >= 0.3 is 5.97 Å². The van der Waals surface area contributed by atoms with Gasteiger partial charge in [-0.05, 0) is 25.7 Å². The third-order valence-corrected chi connectivity index (χ3v) is 2.87. The Hall–Kier alpha value is -1.06. The molecule has 0 aliphatic heterocycles. The molecule has 1 amide bonds. The molecule has 2 unspecified atom stereocenters. The maximum Gasteiger partial charge on any atom is 0.306 e. The molecule has 1 aliphatic carbocycles. The lowest BCUT2D eigenvalue weighted by molar-refractivity contribution is -0.143. The summed E-state index contributed by atoms with van der Waals surface area (Å²) in [7, 11) is 0. The molecule has 0 aromatic rings. The van der Waals surface area contributed by atoms with E-state index in [1.54, 1.807) is 0 Å². The highest BCUT2D eigenvalue weighted by Crippen LogP contribution is 2.24. The van der Waals surface area contributed by atoms with Crippen molar-refractivity contribution in [3.05, 3.63) is 0 Å². The molecule has 4 heteroatoms. The maximum absolute atomic E-state index is 11.3. The zero-order valence-electron chi connectivity index (χ0n) is 9.16. The van der Waals surface area contributed by atoms with E-state index in [2.05, 4.69) is 5.32 Å². The standard InChI is InChI=1S/C11H19NO3/c1-2-4-10(13)12-9-6-3-5-8(7-9)11(14)15/h8-9H,2-7H2,1H3,(H,12,13)(H,14,15). The Balaban J connectivity index is 2.36. The minimum atomic E-state index is -0.732. The average molecular weight is 213 g/mol. The second kappa shape index (κ2) is 5.73. The second-order valence-corrected chi connectivity index (χ2v) is 4.22. The van der Waals surface area contributed by atoms with E-state index >= 15 is 0 Å². The predicted molar refractivity (Wildman–Crippen MR) is 56.4 cm³/mol. The molecule has 1 fully saturated rings. The van der Waals surface area contributed by atoms with E-state index in [-0.39, 0.29) is 17.9 Å². The number of carboxylic acids is 1. The van der Waals surface area contributed by atoms with Gasteiger partial charge in [-0.15, -0.1) is 0 Å². The molecule has 2 N–H and O–H groups in total. The number of nitrogens with one attached hydrogen (secondary N) is 1. The van der Waals surface area contributed by atoms with Gasteiger partial charge in [0.25, 0.3) is 0 Å². The van der Waals surface area contributed by atoms with Crippen LogP contribution in [0, 0.1) is 5.92 Å². The molecular weight excluding hydrogens is 194 g/mol. The van der Waals surface area contributed by atoms with Gasteiger partial charge in [0.2, 0.25) is 5.91 Å². The summed E-state index contributed by atoms with van der Waals surface area (Å²) in [5, 5.41) is 11.8. The minimum Gasteiger partial charge on any atom is -0.481 e. The SMILES string of the molecule is CCCC(=O)NC1CCCC(C(=O)O)C1. The van der Waals surface area contributed by atoms with Gasteiger partial charge in [-0.3, -0.25) is 9.59 Å². The molecule has 0 aromatic carbocycles. The van der Waals surface area contributed by atoms with Crippen LogP contribution in [0.5, 0.6) is 0 Å². The van der Waals surface area contributed by atoms with Crippen LogP contribution in [0.15, 0.2) is 0 Å². The lowest BCUT2D eigenvalue weighted by atomic mass is 9.86. The second-order valence-electron chi connectivity index (χ2n) is 4.22. The van der Waals surface area contributed by atoms with Gasteiger partial charge < -0.3 is 10.4 Å². The molecular formula is C11H19NO3. The first kappa shape index (κ1) is 12.0. The molecule has 0 bridgehead atoms. The van der Waals surface area contributed by atoms with Crippen LogP contribution in [0.2, 0.25) is 0 Å². The molecule has 15 heavy (non-hydrogen) atoms. The van der Waals surface area contributed by atoms with E-state index in [9.17, 15) is 9.59 Å². The van der Waals surface area contributed by atoms with Crippen LogP contribution in [0.3, 0.4) is 0 Å². The van der Waals surface area contributed by atoms with Crippen molar-refractivity contribution in [3.63, 3.8) is 0 Å². The van der Waals surface area contributed by atoms with Gasteiger partial charge in [-0.25, -0.2) is 0 Å². The fourth-order valence-electron chi connectivity index (χ4n) is 2.07. The summed E-state index contributed by atoms with van der Waals surface area (Å²) in [5.74, 6) is -0.955. The number of rotatable bonds is 4. The Morgan fingerprint density at radius 2 is 2.13 bits per heavy atom. The third kappa shape index (κ3) is 3.90. The summed E-state index contributed by atoms with van der Waals surface area (Å²) >= 11 is 0. The molecule has 1 aliphatic rings. The molecule has 0 radical (unpaired) electrons. The van der Waals surface area contributed by atoms with E-state index in [4.69, 9.17) is 5.11 Å². The summed E-state index contributed by atoms with van der Waals surface area (Å²) in [4.78, 5) is 22.1. The topological polar surface area (TPSA) is 66.4 Å². The quantitative estimate of drug-likeness (QED) is 0.744. The largest absolute Gasteiger partial charge is 0.481 e. The first-order valence-electron chi connectivity index (χ1n) is 5.65. The molecule has 1 rings (SSSR count). The molecule has 0 heterocycles. The van der Waals surface area contributed by atoms with Crippen LogP contribution in [-0.4, -0.2) is 23.0 Å². The van der Waals surface area contributed by atoms with Gasteiger partial charge in [-0.2, -0.15) is 0 Å². The molecule has 4 nitrogen and oxygen atoms in total. The molecule has 1 saturated carbocycles. The van der Waals surface area contributed by atoms with Crippen LogP contribution < -0.4 is 5.32 Å². The Morgan fingerprint density at radius 1 is 1.40 bits per heavy atom. The van der Waals surface area contributed by atoms with Gasteiger partial charge in [0, 0.05) is 12.5 Å². The monoisotopic (exact) mass is 213 g/mol. The van der Waals surface area contributed by atoms with Gasteiger partial charge in [0.15, 0.2) is 0 Å². The number of carbonyl (C=O) groups excluding carboxylic acids is 1. The van der Waals surface area contributed by atoms with Crippen molar-refractivity contribution in [2.75, 3.05) is 0 Å². The lowest BCUT2D eigenvalue weighted by Gasteiger charge is -2.27. The van der Waals surface area contributed by atoms with Crippen molar-refractivity contribution in [1.82, 2.24) is 5.32 Å². The first-order valence-corrected chi connectivity index (χ1v) is 5.65. The summed E-state index contributed by atoms with van der Waals surface area (Å²) in [5.41, 5.74) is 0. The highest BCUT2D eigenvalue weighted by Gasteiger charge is 2.27. The Labute approximate surface area is 90.0 Å². The number of carbonyl (C=O) groups is 2. The summed E-state index contributed by atoms with van der Waals surface area (Å²) < 4.78 is 0. The van der Waals surface area contributed by atoms with E-state index in [1.807, 2.05) is 6.92 Å². The highest BCUT2D eigenvalue weighted by atomic mass is 16.4. The molecule has 2 atom stereocenters. The van der Waals surface area contributed by atoms with E-state index in [0.717, 1.165) is 25.7 Å². The fourth-order valence-corrected chi connectivity index (χ4v) is 2.07. The van der Waals surface area contributed by atoms with Crippen molar-refractivity contribution in [3.8, 4) is 0 Å². The minimum absolute atomic E-state index is 0.0496. The number of aliphatic carboxylic acids is 1. The van der Waals surface area contributed by atoms with Gasteiger partial charge in [0.05, 0.1) is 5.92 Å². The maximum atomic E-state index is 11.3. The van der Waals surface area contributed by atoms with Crippen LogP contribution in [0.4, 0.5) is 0 Å². The van der Waals surface area contributed by atoms with Gasteiger partial charge in [0.1, 0.15) is 0 Å². The molecule has 0 saturated heterocycles. The Morgan fingerprint density at radius 3 is 2.73 bits per heavy atom. The van der Waals surface area contributed by atoms with Crippen molar-refractivity contribution in [1.29, 1.82) is 0 Å². The molecule has 0 spiro atoms. The summed E-state index contributed by atoms with van der Waals surface area (Å²) in [6, 6.07) is 0.0684. The normalized spacial score (nSPS) is 25.9. The zero-order valence-corrected chi connectivity index (χ0v) is 9.16. The van der Waals surface area contributed by atoms with Gasteiger partial charge in [-0.1, -0.05) is 13.3 Å². The Bertz CT molecular complexity index is 240. The highest BCUT2D eigenvalue weighted by molar-refractivity contribution is 5.76. The van der Waals surface area contributed by atoms with E-state index in [0.29, 0.717) is 12.8 Å². The number of hydrogen-bond donors (Lipinski definition) is 2. The number of hydrogen-bond acceptors (Lipinski definition) is 2. The fraction of sp³-hybridized carbons (Fsp3) is 0.818. The summed E-state index contributed by atoms with van der Waals surface area (Å²) in [6.45, 7) is 1.96. The Kier molecular flexibility index (Phi) is 4.59. The molecule has 86 valence electrons. The van der Waals surface area contributed by atoms with Crippen LogP contribution >= 0.6 is 0 Å². The number of amides is 1. The first-order chi connectivity index (χ1) is 7.13. The van der Waals surface area contributed by atoms with E-state index < -0.39 is 5.97 Å². The average Bonchev–Trinajstić information content (AvgIpc) is 2.18. The van der Waals surface area contributed by atoms with Crippen molar-refractivity contribution in [2.24, 2.45) is 5.92 Å². The third-order valence-electron chi connectivity index (χ3n) is 2.87. The smallest absolute Gasteiger partial charge is 0.306 e. The van der Waals surface area contributed by atoms with Crippen molar-refractivity contribution < 1.29 is 14.7 Å². The van der Waals surface area contributed by atoms with Crippen molar-refractivity contribution in [2.45, 2.75) is 51.5 Å². The lowest BCUT2D eigenvalue weighted by Crippen LogP contribution is -2.39. The van der Waals surface area contributed by atoms with Crippen molar-refractivity contribution >= 4 is 11.9 Å². The predicted octanol–water partition coefficient (Wildman–Crippen LogP) is 1.55.